The predicted octanol–water partition coefficient (Wildman–Crippen LogP) is 3.35. The predicted molar refractivity (Wildman–Crippen MR) is 117 cm³/mol. The average Bonchev–Trinajstić information content (AvgIpc) is 3.25. The molecule has 1 aromatic heterocycles. The van der Waals surface area contributed by atoms with Crippen molar-refractivity contribution in [2.45, 2.75) is 31.7 Å². The number of fused-ring (bicyclic) bond motifs is 2. The summed E-state index contributed by atoms with van der Waals surface area (Å²) in [4.78, 5) is 28.6. The van der Waals surface area contributed by atoms with Gasteiger partial charge >= 0.3 is 0 Å². The molecular formula is C25H24N2O4. The van der Waals surface area contributed by atoms with Crippen LogP contribution >= 0.6 is 0 Å². The summed E-state index contributed by atoms with van der Waals surface area (Å²) in [6, 6.07) is 17.1. The van der Waals surface area contributed by atoms with Crippen molar-refractivity contribution < 1.29 is 14.3 Å². The van der Waals surface area contributed by atoms with Gasteiger partial charge in [-0.1, -0.05) is 36.4 Å². The molecule has 158 valence electrons. The maximum absolute atomic E-state index is 13.1. The van der Waals surface area contributed by atoms with Crippen molar-refractivity contribution in [1.82, 2.24) is 10.3 Å². The minimum absolute atomic E-state index is 0.163. The van der Waals surface area contributed by atoms with E-state index in [1.54, 1.807) is 6.07 Å². The zero-order chi connectivity index (χ0) is 21.2. The first-order chi connectivity index (χ1) is 15.2. The second kappa shape index (κ2) is 8.30. The summed E-state index contributed by atoms with van der Waals surface area (Å²) in [6.45, 7) is 1.02. The van der Waals surface area contributed by atoms with Crippen molar-refractivity contribution in [3.05, 3.63) is 92.9 Å². The monoisotopic (exact) mass is 416 g/mol. The largest absolute Gasteiger partial charge is 0.486 e. The summed E-state index contributed by atoms with van der Waals surface area (Å²) in [7, 11) is 0. The van der Waals surface area contributed by atoms with E-state index in [0.717, 1.165) is 41.6 Å². The highest BCUT2D eigenvalue weighted by atomic mass is 16.6. The van der Waals surface area contributed by atoms with Gasteiger partial charge in [0.1, 0.15) is 18.8 Å². The summed E-state index contributed by atoms with van der Waals surface area (Å²) in [5.74, 6) is 1.01. The highest BCUT2D eigenvalue weighted by Crippen LogP contribution is 2.33. The Bertz CT molecular complexity index is 1170. The van der Waals surface area contributed by atoms with Crippen LogP contribution in [0.4, 0.5) is 0 Å². The average molecular weight is 416 g/mol. The van der Waals surface area contributed by atoms with E-state index in [4.69, 9.17) is 9.47 Å². The van der Waals surface area contributed by atoms with Crippen LogP contribution in [0.2, 0.25) is 0 Å². The number of hydrogen-bond donors (Lipinski definition) is 2. The van der Waals surface area contributed by atoms with Gasteiger partial charge in [0.2, 0.25) is 0 Å². The Labute approximate surface area is 180 Å². The van der Waals surface area contributed by atoms with Crippen LogP contribution in [-0.2, 0) is 19.3 Å². The molecule has 31 heavy (non-hydrogen) atoms. The van der Waals surface area contributed by atoms with Crippen LogP contribution < -0.4 is 20.3 Å². The zero-order valence-corrected chi connectivity index (χ0v) is 17.1. The Balaban J connectivity index is 1.46. The van der Waals surface area contributed by atoms with Gasteiger partial charge in [0.15, 0.2) is 11.5 Å². The van der Waals surface area contributed by atoms with E-state index in [1.807, 2.05) is 48.5 Å². The third kappa shape index (κ3) is 4.06. The molecule has 6 heteroatoms. The quantitative estimate of drug-likeness (QED) is 0.669. The van der Waals surface area contributed by atoms with Gasteiger partial charge in [0.05, 0.1) is 6.04 Å². The third-order valence-electron chi connectivity index (χ3n) is 5.89. The molecule has 1 aliphatic heterocycles. The number of carbonyl (C=O) groups excluding carboxylic acids is 1. The minimum Gasteiger partial charge on any atom is -0.486 e. The molecule has 1 atom stereocenters. The number of hydrogen-bond acceptors (Lipinski definition) is 4. The van der Waals surface area contributed by atoms with Crippen molar-refractivity contribution in [3.63, 3.8) is 0 Å². The molecule has 0 unspecified atom stereocenters. The fourth-order valence-electron chi connectivity index (χ4n) is 4.30. The molecule has 1 aliphatic carbocycles. The Kier molecular flexibility index (Phi) is 5.20. The van der Waals surface area contributed by atoms with Gasteiger partial charge in [0.25, 0.3) is 11.5 Å². The Morgan fingerprint density at radius 2 is 1.81 bits per heavy atom. The standard InChI is InChI=1S/C25H24N2O4/c28-24-19(14-17-7-4-8-20(17)26-24)25(29)27-21(13-16-5-2-1-3-6-16)18-9-10-22-23(15-18)31-12-11-30-22/h1-3,5-6,9-10,14-15,21H,4,7-8,11-13H2,(H,26,28)(H,27,29)/t21-/m1/s1. The van der Waals surface area contributed by atoms with E-state index in [2.05, 4.69) is 10.3 Å². The van der Waals surface area contributed by atoms with Crippen LogP contribution in [0.25, 0.3) is 0 Å². The van der Waals surface area contributed by atoms with E-state index in [1.165, 1.54) is 0 Å². The lowest BCUT2D eigenvalue weighted by atomic mass is 9.97. The summed E-state index contributed by atoms with van der Waals surface area (Å²) >= 11 is 0. The number of ether oxygens (including phenoxy) is 2. The van der Waals surface area contributed by atoms with Gasteiger partial charge in [-0.05, 0) is 60.6 Å². The number of aromatic nitrogens is 1. The smallest absolute Gasteiger partial charge is 0.261 e. The minimum atomic E-state index is -0.369. The second-order valence-electron chi connectivity index (χ2n) is 7.99. The number of aryl methyl sites for hydroxylation is 2. The Hall–Kier alpha value is -3.54. The molecule has 0 radical (unpaired) electrons. The lowest BCUT2D eigenvalue weighted by molar-refractivity contribution is 0.0934. The summed E-state index contributed by atoms with van der Waals surface area (Å²) in [5, 5.41) is 3.08. The normalized spacial score (nSPS) is 15.2. The first kappa shape index (κ1) is 19.4. The first-order valence-corrected chi connectivity index (χ1v) is 10.7. The van der Waals surface area contributed by atoms with E-state index in [9.17, 15) is 9.59 Å². The van der Waals surface area contributed by atoms with Gasteiger partial charge in [-0.15, -0.1) is 0 Å². The summed E-state index contributed by atoms with van der Waals surface area (Å²) in [6.07, 6.45) is 3.35. The number of aromatic amines is 1. The fourth-order valence-corrected chi connectivity index (χ4v) is 4.30. The van der Waals surface area contributed by atoms with Gasteiger partial charge < -0.3 is 19.8 Å². The van der Waals surface area contributed by atoms with Gasteiger partial charge in [-0.25, -0.2) is 0 Å². The van der Waals surface area contributed by atoms with Crippen LogP contribution in [0, 0.1) is 0 Å². The molecule has 2 N–H and O–H groups in total. The Morgan fingerprint density at radius 1 is 1.00 bits per heavy atom. The van der Waals surface area contributed by atoms with Crippen LogP contribution in [0.5, 0.6) is 11.5 Å². The molecule has 6 nitrogen and oxygen atoms in total. The van der Waals surface area contributed by atoms with E-state index >= 15 is 0 Å². The molecule has 5 rings (SSSR count). The third-order valence-corrected chi connectivity index (χ3v) is 5.89. The lowest BCUT2D eigenvalue weighted by Crippen LogP contribution is -2.34. The highest BCUT2D eigenvalue weighted by Gasteiger charge is 2.23. The van der Waals surface area contributed by atoms with Crippen molar-refractivity contribution in [3.8, 4) is 11.5 Å². The maximum atomic E-state index is 13.1. The van der Waals surface area contributed by atoms with Crippen LogP contribution in [0.3, 0.4) is 0 Å². The van der Waals surface area contributed by atoms with E-state index in [-0.39, 0.29) is 23.1 Å². The molecular weight excluding hydrogens is 392 g/mol. The number of nitrogens with one attached hydrogen (secondary N) is 2. The van der Waals surface area contributed by atoms with Gasteiger partial charge in [-0.3, -0.25) is 9.59 Å². The maximum Gasteiger partial charge on any atom is 0.261 e. The molecule has 0 spiro atoms. The van der Waals surface area contributed by atoms with Gasteiger partial charge in [0, 0.05) is 5.69 Å². The number of benzene rings is 2. The summed E-state index contributed by atoms with van der Waals surface area (Å²) < 4.78 is 11.4. The first-order valence-electron chi connectivity index (χ1n) is 10.7. The number of carbonyl (C=O) groups is 1. The molecule has 3 aromatic rings. The number of pyridine rings is 1. The van der Waals surface area contributed by atoms with Gasteiger partial charge in [-0.2, -0.15) is 0 Å². The molecule has 0 saturated heterocycles. The number of H-pyrrole nitrogens is 1. The number of rotatable bonds is 5. The van der Waals surface area contributed by atoms with Crippen LogP contribution in [-0.4, -0.2) is 24.1 Å². The topological polar surface area (TPSA) is 80.4 Å². The molecule has 2 aromatic carbocycles. The van der Waals surface area contributed by atoms with Crippen LogP contribution in [0.1, 0.15) is 45.2 Å². The van der Waals surface area contributed by atoms with E-state index in [0.29, 0.717) is 31.1 Å². The summed E-state index contributed by atoms with van der Waals surface area (Å²) in [5.41, 5.74) is 3.83. The second-order valence-corrected chi connectivity index (χ2v) is 7.99. The molecule has 2 aliphatic rings. The van der Waals surface area contributed by atoms with Crippen LogP contribution in [0.15, 0.2) is 59.4 Å². The molecule has 0 saturated carbocycles. The fraction of sp³-hybridized carbons (Fsp3) is 0.280. The lowest BCUT2D eigenvalue weighted by Gasteiger charge is -2.23. The number of amides is 1. The van der Waals surface area contributed by atoms with Crippen molar-refractivity contribution in [2.24, 2.45) is 0 Å². The molecule has 0 fully saturated rings. The highest BCUT2D eigenvalue weighted by molar-refractivity contribution is 5.94. The van der Waals surface area contributed by atoms with Crippen molar-refractivity contribution in [2.75, 3.05) is 13.2 Å². The molecule has 1 amide bonds. The van der Waals surface area contributed by atoms with Crippen molar-refractivity contribution >= 4 is 5.91 Å². The molecule has 0 bridgehead atoms. The van der Waals surface area contributed by atoms with E-state index < -0.39 is 0 Å². The molecule has 2 heterocycles. The van der Waals surface area contributed by atoms with Crippen molar-refractivity contribution in [1.29, 1.82) is 0 Å². The zero-order valence-electron chi connectivity index (χ0n) is 17.1. The SMILES string of the molecule is O=C(N[C@H](Cc1ccccc1)c1ccc2c(c1)OCCO2)c1cc2c([nH]c1=O)CCC2. The Morgan fingerprint density at radius 3 is 2.65 bits per heavy atom.